The molecule has 1 aliphatic carbocycles. The number of thiophene rings is 1. The highest BCUT2D eigenvalue weighted by molar-refractivity contribution is 7.11. The first kappa shape index (κ1) is 14.7. The zero-order valence-corrected chi connectivity index (χ0v) is 12.9. The molecular formula is C15H15NO6S. The summed E-state index contributed by atoms with van der Waals surface area (Å²) >= 11 is 1.23. The molecule has 1 aromatic heterocycles. The number of ether oxygens (including phenoxy) is 2. The summed E-state index contributed by atoms with van der Waals surface area (Å²) in [7, 11) is 0. The van der Waals surface area contributed by atoms with E-state index >= 15 is 0 Å². The van der Waals surface area contributed by atoms with Crippen molar-refractivity contribution < 1.29 is 29.3 Å². The quantitative estimate of drug-likeness (QED) is 0.656. The minimum Gasteiger partial charge on any atom is -0.472 e. The van der Waals surface area contributed by atoms with Gasteiger partial charge in [0, 0.05) is 5.92 Å². The first-order chi connectivity index (χ1) is 10.9. The summed E-state index contributed by atoms with van der Waals surface area (Å²) in [4.78, 5) is 24.7. The second-order valence-corrected chi connectivity index (χ2v) is 7.13. The number of nitrogens with one attached hydrogen (secondary N) is 1. The van der Waals surface area contributed by atoms with E-state index < -0.39 is 41.8 Å². The normalized spacial score (nSPS) is 40.9. The van der Waals surface area contributed by atoms with Crippen molar-refractivity contribution in [3.8, 4) is 0 Å². The monoisotopic (exact) mass is 337 g/mol. The zero-order chi connectivity index (χ0) is 16.4. The fourth-order valence-corrected chi connectivity index (χ4v) is 4.46. The molecule has 0 bridgehead atoms. The number of amides is 1. The lowest BCUT2D eigenvalue weighted by atomic mass is 9.81. The fourth-order valence-electron chi connectivity index (χ4n) is 3.85. The molecule has 1 aromatic rings. The van der Waals surface area contributed by atoms with Crippen molar-refractivity contribution in [1.29, 1.82) is 0 Å². The van der Waals surface area contributed by atoms with Crippen LogP contribution in [0.3, 0.4) is 0 Å². The fraction of sp³-hybridized carbons (Fsp3) is 0.467. The highest BCUT2D eigenvalue weighted by Gasteiger charge is 2.67. The van der Waals surface area contributed by atoms with Crippen LogP contribution in [-0.4, -0.2) is 46.1 Å². The van der Waals surface area contributed by atoms with Crippen LogP contribution in [0.2, 0.25) is 0 Å². The third-order valence-electron chi connectivity index (χ3n) is 4.87. The lowest BCUT2D eigenvalue weighted by molar-refractivity contribution is -0.178. The molecule has 1 unspecified atom stereocenters. The van der Waals surface area contributed by atoms with Crippen LogP contribution in [-0.2, 0) is 14.3 Å². The molecular weight excluding hydrogens is 322 g/mol. The summed E-state index contributed by atoms with van der Waals surface area (Å²) in [6.07, 6.45) is -1.02. The van der Waals surface area contributed by atoms with Crippen LogP contribution >= 0.6 is 11.3 Å². The number of rotatable bonds is 2. The SMILES string of the molecule is C[C@]1(O)[C@@H](OC(=O)c2cccs2)[C@H]2NC(=O)C3=COC(O)[C@H]1[C@@H]32. The van der Waals surface area contributed by atoms with Gasteiger partial charge >= 0.3 is 5.97 Å². The van der Waals surface area contributed by atoms with Gasteiger partial charge in [0.05, 0.1) is 23.8 Å². The lowest BCUT2D eigenvalue weighted by Gasteiger charge is -2.36. The Morgan fingerprint density at radius 1 is 1.52 bits per heavy atom. The average molecular weight is 337 g/mol. The maximum atomic E-state index is 12.2. The van der Waals surface area contributed by atoms with Gasteiger partial charge in [0.1, 0.15) is 10.5 Å². The Labute approximate surface area is 135 Å². The van der Waals surface area contributed by atoms with E-state index in [1.165, 1.54) is 24.5 Å². The van der Waals surface area contributed by atoms with Crippen molar-refractivity contribution in [2.75, 3.05) is 0 Å². The molecule has 7 nitrogen and oxygen atoms in total. The Morgan fingerprint density at radius 2 is 2.30 bits per heavy atom. The maximum absolute atomic E-state index is 12.2. The molecule has 1 amide bonds. The van der Waals surface area contributed by atoms with E-state index in [-0.39, 0.29) is 5.91 Å². The van der Waals surface area contributed by atoms with Gasteiger partial charge in [0.2, 0.25) is 6.29 Å². The minimum absolute atomic E-state index is 0.329. The first-order valence-electron chi connectivity index (χ1n) is 7.22. The molecule has 1 saturated heterocycles. The number of aliphatic hydroxyl groups excluding tert-OH is 1. The summed E-state index contributed by atoms with van der Waals surface area (Å²) in [6, 6.07) is 2.76. The van der Waals surface area contributed by atoms with E-state index in [1.807, 2.05) is 0 Å². The molecule has 1 saturated carbocycles. The largest absolute Gasteiger partial charge is 0.472 e. The Kier molecular flexibility index (Phi) is 3.06. The molecule has 3 aliphatic rings. The third kappa shape index (κ3) is 1.95. The van der Waals surface area contributed by atoms with Crippen molar-refractivity contribution in [1.82, 2.24) is 5.32 Å². The van der Waals surface area contributed by atoms with Gasteiger partial charge in [0.25, 0.3) is 5.91 Å². The molecule has 2 aliphatic heterocycles. The van der Waals surface area contributed by atoms with Crippen LogP contribution in [0.15, 0.2) is 29.3 Å². The highest BCUT2D eigenvalue weighted by atomic mass is 32.1. The predicted octanol–water partition coefficient (Wildman–Crippen LogP) is 0.00140. The summed E-state index contributed by atoms with van der Waals surface area (Å²) in [5.74, 6) is -2.11. The van der Waals surface area contributed by atoms with Gasteiger partial charge in [-0.2, -0.15) is 0 Å². The van der Waals surface area contributed by atoms with E-state index in [0.717, 1.165) is 0 Å². The van der Waals surface area contributed by atoms with Crippen LogP contribution < -0.4 is 5.32 Å². The molecule has 3 N–H and O–H groups in total. The molecule has 6 atom stereocenters. The van der Waals surface area contributed by atoms with Crippen LogP contribution in [0, 0.1) is 11.8 Å². The van der Waals surface area contributed by atoms with E-state index in [9.17, 15) is 19.8 Å². The number of carbonyl (C=O) groups excluding carboxylic acids is 2. The molecule has 0 spiro atoms. The Hall–Kier alpha value is -1.90. The number of hydrogen-bond acceptors (Lipinski definition) is 7. The highest BCUT2D eigenvalue weighted by Crippen LogP contribution is 2.52. The van der Waals surface area contributed by atoms with Gasteiger partial charge < -0.3 is 25.0 Å². The van der Waals surface area contributed by atoms with Crippen molar-refractivity contribution in [2.45, 2.75) is 31.0 Å². The van der Waals surface area contributed by atoms with E-state index in [2.05, 4.69) is 5.32 Å². The maximum Gasteiger partial charge on any atom is 0.348 e. The molecule has 2 fully saturated rings. The topological polar surface area (TPSA) is 105 Å². The van der Waals surface area contributed by atoms with Crippen LogP contribution in [0.4, 0.5) is 0 Å². The molecule has 122 valence electrons. The van der Waals surface area contributed by atoms with E-state index in [1.54, 1.807) is 17.5 Å². The number of aliphatic hydroxyl groups is 2. The minimum atomic E-state index is -1.53. The van der Waals surface area contributed by atoms with Crippen LogP contribution in [0.5, 0.6) is 0 Å². The van der Waals surface area contributed by atoms with Gasteiger partial charge in [-0.1, -0.05) is 6.07 Å². The second kappa shape index (κ2) is 4.80. The molecule has 8 heteroatoms. The molecule has 0 radical (unpaired) electrons. The number of carbonyl (C=O) groups is 2. The van der Waals surface area contributed by atoms with Gasteiger partial charge in [-0.3, -0.25) is 4.79 Å². The van der Waals surface area contributed by atoms with Crippen molar-refractivity contribution in [2.24, 2.45) is 11.8 Å². The molecule has 23 heavy (non-hydrogen) atoms. The van der Waals surface area contributed by atoms with Gasteiger partial charge in [-0.15, -0.1) is 11.3 Å². The molecule has 4 rings (SSSR count). The van der Waals surface area contributed by atoms with Crippen molar-refractivity contribution >= 4 is 23.2 Å². The Balaban J connectivity index is 1.69. The average Bonchev–Trinajstić information content (AvgIpc) is 3.16. The number of hydrogen-bond donors (Lipinski definition) is 3. The Bertz CT molecular complexity index is 697. The van der Waals surface area contributed by atoms with Gasteiger partial charge in [0.15, 0.2) is 6.10 Å². The van der Waals surface area contributed by atoms with Gasteiger partial charge in [-0.05, 0) is 18.4 Å². The number of esters is 1. The van der Waals surface area contributed by atoms with Crippen molar-refractivity contribution in [3.63, 3.8) is 0 Å². The lowest BCUT2D eigenvalue weighted by Crippen LogP contribution is -2.52. The van der Waals surface area contributed by atoms with E-state index in [0.29, 0.717) is 10.5 Å². The zero-order valence-electron chi connectivity index (χ0n) is 12.1. The Morgan fingerprint density at radius 3 is 3.00 bits per heavy atom. The van der Waals surface area contributed by atoms with Crippen molar-refractivity contribution in [3.05, 3.63) is 34.2 Å². The van der Waals surface area contributed by atoms with E-state index in [4.69, 9.17) is 9.47 Å². The smallest absolute Gasteiger partial charge is 0.348 e. The molecule has 0 aromatic carbocycles. The summed E-state index contributed by atoms with van der Waals surface area (Å²) < 4.78 is 10.6. The van der Waals surface area contributed by atoms with Crippen LogP contribution in [0.25, 0.3) is 0 Å². The van der Waals surface area contributed by atoms with Crippen LogP contribution in [0.1, 0.15) is 16.6 Å². The molecule has 3 heterocycles. The summed E-state index contributed by atoms with van der Waals surface area (Å²) in [6.45, 7) is 1.49. The second-order valence-electron chi connectivity index (χ2n) is 6.18. The predicted molar refractivity (Wildman–Crippen MR) is 78.2 cm³/mol. The first-order valence-corrected chi connectivity index (χ1v) is 8.10. The van der Waals surface area contributed by atoms with Gasteiger partial charge in [-0.25, -0.2) is 4.79 Å². The third-order valence-corrected chi connectivity index (χ3v) is 5.72. The standard InChI is InChI=1S/C15H15NO6S/c1-15(20)9-8-6(5-21-14(9)19)12(17)16-10(8)11(15)22-13(18)7-3-2-4-23-7/h2-5,8-11,14,19-20H,1H3,(H,16,17)/t8-,9-,10+,11+,14?,15-/m1/s1. The summed E-state index contributed by atoms with van der Waals surface area (Å²) in [5.41, 5.74) is -1.17. The summed E-state index contributed by atoms with van der Waals surface area (Å²) in [5, 5.41) is 25.5.